The van der Waals surface area contributed by atoms with E-state index in [1.807, 2.05) is 0 Å². The van der Waals surface area contributed by atoms with Gasteiger partial charge >= 0.3 is 104 Å². The van der Waals surface area contributed by atoms with E-state index >= 15 is 0 Å². The second-order valence-corrected chi connectivity index (χ2v) is 8.57. The third-order valence-electron chi connectivity index (χ3n) is 2.39. The van der Waals surface area contributed by atoms with Crippen molar-refractivity contribution < 1.29 is 19.2 Å². The van der Waals surface area contributed by atoms with Crippen molar-refractivity contribution >= 4 is 23.9 Å². The van der Waals surface area contributed by atoms with Crippen molar-refractivity contribution in [1.82, 2.24) is 4.90 Å². The summed E-state index contributed by atoms with van der Waals surface area (Å²) >= 11 is 0.908. The molecule has 1 aliphatic rings. The molecule has 1 fully saturated rings. The molecule has 0 saturated carbocycles. The molecule has 17 heavy (non-hydrogen) atoms. The molecule has 1 saturated heterocycles. The van der Waals surface area contributed by atoms with Crippen LogP contribution in [0.2, 0.25) is 0 Å². The zero-order valence-electron chi connectivity index (χ0n) is 9.63. The van der Waals surface area contributed by atoms with Crippen LogP contribution in [0, 0.1) is 4.91 Å². The summed E-state index contributed by atoms with van der Waals surface area (Å²) in [6, 6.07) is 0. The average Bonchev–Trinajstić information content (AvgIpc) is 2.38. The van der Waals surface area contributed by atoms with Gasteiger partial charge in [-0.2, -0.15) is 0 Å². The molecule has 1 rings (SSSR count). The number of nitroso groups, excluding NO2 is 1. The van der Waals surface area contributed by atoms with E-state index in [9.17, 15) is 14.6 Å². The minimum atomic E-state index is -3.84. The molecule has 1 heterocycles. The first-order valence-electron chi connectivity index (χ1n) is 5.22. The van der Waals surface area contributed by atoms with Crippen LogP contribution in [-0.4, -0.2) is 61.2 Å². The molecule has 0 aromatic rings. The predicted octanol–water partition coefficient (Wildman–Crippen LogP) is 1.07. The Kier molecular flexibility index (Phi) is 6.29. The molecule has 0 unspecified atom stereocenters. The van der Waals surface area contributed by atoms with Gasteiger partial charge in [0.1, 0.15) is 0 Å². The van der Waals surface area contributed by atoms with Crippen molar-refractivity contribution in [3.05, 3.63) is 4.91 Å². The van der Waals surface area contributed by atoms with Crippen molar-refractivity contribution in [3.8, 4) is 0 Å². The van der Waals surface area contributed by atoms with Crippen LogP contribution in [0.5, 0.6) is 0 Å². The number of hydrogen-bond acceptors (Lipinski definition) is 8. The Hall–Kier alpha value is -0.270. The summed E-state index contributed by atoms with van der Waals surface area (Å²) in [7, 11) is 1.13. The summed E-state index contributed by atoms with van der Waals surface area (Å²) in [6.45, 7) is -0.121. The number of methoxy groups -OCH3 is 1. The fourth-order valence-corrected chi connectivity index (χ4v) is 4.43. The van der Waals surface area contributed by atoms with E-state index in [0.717, 1.165) is 31.6 Å². The first-order chi connectivity index (χ1) is 8.12. The molecule has 1 N–H and O–H groups in total. The molecule has 0 bridgehead atoms. The number of rotatable bonds is 6. The molecular formula is C8H17N2O5PS. The van der Waals surface area contributed by atoms with Crippen molar-refractivity contribution in [3.63, 3.8) is 0 Å². The average molecular weight is 284 g/mol. The summed E-state index contributed by atoms with van der Waals surface area (Å²) in [5.74, 6) is 0.476. The van der Waals surface area contributed by atoms with Gasteiger partial charge in [0.2, 0.25) is 0 Å². The Morgan fingerprint density at radius 3 is 2.76 bits per heavy atom. The van der Waals surface area contributed by atoms with Crippen LogP contribution < -0.4 is 0 Å². The van der Waals surface area contributed by atoms with Gasteiger partial charge in [0.15, 0.2) is 0 Å². The second kappa shape index (κ2) is 7.23. The monoisotopic (exact) mass is 284 g/mol. The number of hydrogen-bond donors (Lipinski definition) is 1. The van der Waals surface area contributed by atoms with Crippen LogP contribution in [0.15, 0.2) is 4.95 Å². The second-order valence-electron chi connectivity index (χ2n) is 3.49. The molecule has 0 aliphatic carbocycles. The summed E-state index contributed by atoms with van der Waals surface area (Å²) in [6.07, 6.45) is 0. The van der Waals surface area contributed by atoms with Crippen molar-refractivity contribution in [2.45, 2.75) is 0 Å². The van der Waals surface area contributed by atoms with E-state index in [1.54, 1.807) is 0 Å². The van der Waals surface area contributed by atoms with Crippen molar-refractivity contribution in [1.29, 1.82) is 0 Å². The third-order valence-corrected chi connectivity index (χ3v) is 6.71. The van der Waals surface area contributed by atoms with Crippen LogP contribution >= 0.6 is 18.2 Å². The molecule has 0 aromatic carbocycles. The van der Waals surface area contributed by atoms with Crippen LogP contribution in [0.3, 0.4) is 0 Å². The van der Waals surface area contributed by atoms with Gasteiger partial charge in [-0.05, 0) is 0 Å². The molecule has 0 amide bonds. The molecule has 100 valence electrons. The Balaban J connectivity index is 2.32. The quantitative estimate of drug-likeness (QED) is 0.576. The zero-order chi connectivity index (χ0) is 12.7. The molecule has 7 nitrogen and oxygen atoms in total. The number of ether oxygens (including phenoxy) is 2. The predicted molar refractivity (Wildman–Crippen MR) is 68.5 cm³/mol. The minimum absolute atomic E-state index is 0.476. The summed E-state index contributed by atoms with van der Waals surface area (Å²) in [5, 5.41) is 0. The first-order valence-corrected chi connectivity index (χ1v) is 8.82. The van der Waals surface area contributed by atoms with Gasteiger partial charge in [-0.3, -0.25) is 0 Å². The SMILES string of the molecule is COC(=O)[PH](O)(N=O)SCCN1CCOCC1. The Morgan fingerprint density at radius 1 is 1.59 bits per heavy atom. The van der Waals surface area contributed by atoms with Gasteiger partial charge in [-0.25, -0.2) is 0 Å². The Bertz CT molecular complexity index is 277. The van der Waals surface area contributed by atoms with E-state index in [4.69, 9.17) is 4.74 Å². The fourth-order valence-electron chi connectivity index (χ4n) is 1.40. The Morgan fingerprint density at radius 2 is 2.24 bits per heavy atom. The van der Waals surface area contributed by atoms with E-state index in [1.165, 1.54) is 0 Å². The molecule has 9 heteroatoms. The number of carbonyl (C=O) groups is 1. The first kappa shape index (κ1) is 14.8. The van der Waals surface area contributed by atoms with Crippen LogP contribution in [0.4, 0.5) is 4.79 Å². The van der Waals surface area contributed by atoms with Gasteiger partial charge in [-0.1, -0.05) is 0 Å². The molecule has 1 aliphatic heterocycles. The molecule has 0 aromatic heterocycles. The van der Waals surface area contributed by atoms with Gasteiger partial charge in [-0.15, -0.1) is 0 Å². The summed E-state index contributed by atoms with van der Waals surface area (Å²) < 4.78 is 9.57. The van der Waals surface area contributed by atoms with Crippen LogP contribution in [0.1, 0.15) is 0 Å². The molecule has 0 radical (unpaired) electrons. The summed E-state index contributed by atoms with van der Waals surface area (Å²) in [5.41, 5.74) is -0.903. The van der Waals surface area contributed by atoms with Gasteiger partial charge < -0.3 is 0 Å². The summed E-state index contributed by atoms with van der Waals surface area (Å²) in [4.78, 5) is 36.1. The van der Waals surface area contributed by atoms with E-state index in [2.05, 4.69) is 14.6 Å². The third kappa shape index (κ3) is 4.48. The number of carbonyl (C=O) groups excluding carboxylic acids is 1. The van der Waals surface area contributed by atoms with Crippen molar-refractivity contribution in [2.75, 3.05) is 45.7 Å². The maximum absolute atomic E-state index is 11.2. The molecule has 0 atom stereocenters. The van der Waals surface area contributed by atoms with Crippen LogP contribution in [0.25, 0.3) is 0 Å². The topological polar surface area (TPSA) is 88.4 Å². The zero-order valence-corrected chi connectivity index (χ0v) is 11.4. The van der Waals surface area contributed by atoms with Crippen LogP contribution in [-0.2, 0) is 9.47 Å². The normalized spacial score (nSPS) is 18.7. The molecular weight excluding hydrogens is 267 g/mol. The number of morpholine rings is 1. The fraction of sp³-hybridized carbons (Fsp3) is 0.875. The standard InChI is InChI=1S/C8H17N2O5PS/c1-14-8(11)16(13,9-12)17-7-4-10-2-5-15-6-3-10/h13,16H,2-7H2,1H3. The van der Waals surface area contributed by atoms with Gasteiger partial charge in [0.05, 0.1) is 0 Å². The van der Waals surface area contributed by atoms with Crippen molar-refractivity contribution in [2.24, 2.45) is 4.95 Å². The van der Waals surface area contributed by atoms with E-state index < -0.39 is 12.6 Å². The van der Waals surface area contributed by atoms with E-state index in [0.29, 0.717) is 25.5 Å². The molecule has 0 spiro atoms. The maximum atomic E-state index is 11.2. The van der Waals surface area contributed by atoms with E-state index in [-0.39, 0.29) is 0 Å². The number of nitrogens with zero attached hydrogens (tertiary/aromatic N) is 2. The van der Waals surface area contributed by atoms with Gasteiger partial charge in [0, 0.05) is 0 Å². The van der Waals surface area contributed by atoms with Gasteiger partial charge in [0.25, 0.3) is 0 Å². The Labute approximate surface area is 104 Å².